The molecule has 1 fully saturated rings. The van der Waals surface area contributed by atoms with E-state index in [4.69, 9.17) is 0 Å². The predicted octanol–water partition coefficient (Wildman–Crippen LogP) is 2.54. The molecule has 0 radical (unpaired) electrons. The number of nitrogens with one attached hydrogen (secondary N) is 1. The largest absolute Gasteiger partial charge is 0.355 e. The zero-order valence-corrected chi connectivity index (χ0v) is 12.0. The van der Waals surface area contributed by atoms with Crippen LogP contribution < -0.4 is 10.2 Å². The van der Waals surface area contributed by atoms with Gasteiger partial charge in [0, 0.05) is 36.3 Å². The molecule has 0 saturated carbocycles. The average Bonchev–Trinajstić information content (AvgIpc) is 3.03. The molecule has 0 aromatic carbocycles. The molecule has 4 nitrogen and oxygen atoms in total. The minimum atomic E-state index is 0.0270. The highest BCUT2D eigenvalue weighted by Crippen LogP contribution is 2.17. The number of anilines is 1. The van der Waals surface area contributed by atoms with E-state index in [1.165, 1.54) is 0 Å². The van der Waals surface area contributed by atoms with Gasteiger partial charge in [-0.25, -0.2) is 4.98 Å². The summed E-state index contributed by atoms with van der Waals surface area (Å²) in [6.07, 6.45) is 3.91. The Hall–Kier alpha value is -1.88. The Labute approximate surface area is 122 Å². The van der Waals surface area contributed by atoms with Gasteiger partial charge >= 0.3 is 0 Å². The Kier molecular flexibility index (Phi) is 3.97. The summed E-state index contributed by atoms with van der Waals surface area (Å²) >= 11 is 1.55. The van der Waals surface area contributed by atoms with Crippen molar-refractivity contribution in [3.8, 4) is 0 Å². The van der Waals surface area contributed by atoms with Gasteiger partial charge in [0.15, 0.2) is 0 Å². The van der Waals surface area contributed by atoms with Crippen LogP contribution in [0.5, 0.6) is 0 Å². The van der Waals surface area contributed by atoms with Crippen molar-refractivity contribution in [2.75, 3.05) is 18.0 Å². The zero-order chi connectivity index (χ0) is 13.8. The summed E-state index contributed by atoms with van der Waals surface area (Å²) < 4.78 is 0. The molecule has 0 aliphatic carbocycles. The maximum absolute atomic E-state index is 12.1. The summed E-state index contributed by atoms with van der Waals surface area (Å²) in [7, 11) is 0. The second-order valence-corrected chi connectivity index (χ2v) is 5.74. The summed E-state index contributed by atoms with van der Waals surface area (Å²) in [4.78, 5) is 18.7. The number of thiophene rings is 1. The van der Waals surface area contributed by atoms with Crippen LogP contribution in [0.3, 0.4) is 0 Å². The third kappa shape index (κ3) is 2.99. The molecule has 1 saturated heterocycles. The van der Waals surface area contributed by atoms with Crippen molar-refractivity contribution in [1.29, 1.82) is 0 Å². The number of pyridine rings is 1. The van der Waals surface area contributed by atoms with Gasteiger partial charge in [-0.2, -0.15) is 11.3 Å². The fourth-order valence-corrected chi connectivity index (χ4v) is 3.14. The molecule has 1 amide bonds. The Morgan fingerprint density at radius 3 is 3.10 bits per heavy atom. The first-order valence-electron chi connectivity index (χ1n) is 6.82. The molecule has 5 heteroatoms. The lowest BCUT2D eigenvalue weighted by molar-refractivity contribution is 0.0933. The van der Waals surface area contributed by atoms with E-state index in [0.717, 1.165) is 37.3 Å². The molecular weight excluding hydrogens is 270 g/mol. The Balaban J connectivity index is 1.62. The van der Waals surface area contributed by atoms with E-state index in [-0.39, 0.29) is 11.9 Å². The molecule has 1 aliphatic rings. The van der Waals surface area contributed by atoms with Crippen molar-refractivity contribution in [2.24, 2.45) is 0 Å². The van der Waals surface area contributed by atoms with E-state index in [2.05, 4.69) is 15.2 Å². The van der Waals surface area contributed by atoms with Crippen LogP contribution in [0, 0.1) is 0 Å². The second-order valence-electron chi connectivity index (χ2n) is 4.96. The van der Waals surface area contributed by atoms with Gasteiger partial charge < -0.3 is 10.2 Å². The lowest BCUT2D eigenvalue weighted by Gasteiger charge is -2.33. The van der Waals surface area contributed by atoms with Crippen molar-refractivity contribution in [3.05, 3.63) is 46.8 Å². The molecular formula is C15H17N3OS. The number of aromatic nitrogens is 1. The van der Waals surface area contributed by atoms with Gasteiger partial charge in [-0.05, 0) is 36.4 Å². The van der Waals surface area contributed by atoms with Crippen LogP contribution >= 0.6 is 11.3 Å². The van der Waals surface area contributed by atoms with Crippen LogP contribution in [-0.2, 0) is 0 Å². The standard InChI is InChI=1S/C15H17N3OS/c19-15(12-6-9-20-11-12)17-13-4-3-8-18(10-13)14-5-1-2-7-16-14/h1-2,5-7,9,11,13H,3-4,8,10H2,(H,17,19). The lowest BCUT2D eigenvalue weighted by atomic mass is 10.1. The normalized spacial score (nSPS) is 18.8. The molecule has 3 rings (SSSR count). The Bertz CT molecular complexity index is 556. The monoisotopic (exact) mass is 287 g/mol. The number of carbonyl (C=O) groups is 1. The van der Waals surface area contributed by atoms with E-state index < -0.39 is 0 Å². The van der Waals surface area contributed by atoms with Crippen LogP contribution in [0.25, 0.3) is 0 Å². The van der Waals surface area contributed by atoms with Gasteiger partial charge in [0.2, 0.25) is 0 Å². The van der Waals surface area contributed by atoms with Gasteiger partial charge in [-0.3, -0.25) is 4.79 Å². The molecule has 1 aliphatic heterocycles. The topological polar surface area (TPSA) is 45.2 Å². The maximum Gasteiger partial charge on any atom is 0.252 e. The number of amides is 1. The molecule has 0 spiro atoms. The predicted molar refractivity (Wildman–Crippen MR) is 81.3 cm³/mol. The van der Waals surface area contributed by atoms with Gasteiger partial charge in [0.1, 0.15) is 5.82 Å². The molecule has 1 N–H and O–H groups in total. The Morgan fingerprint density at radius 1 is 1.40 bits per heavy atom. The molecule has 2 aromatic heterocycles. The highest BCUT2D eigenvalue weighted by molar-refractivity contribution is 7.08. The van der Waals surface area contributed by atoms with Crippen molar-refractivity contribution in [1.82, 2.24) is 10.3 Å². The van der Waals surface area contributed by atoms with E-state index in [0.29, 0.717) is 0 Å². The van der Waals surface area contributed by atoms with Crippen LogP contribution in [0.4, 0.5) is 5.82 Å². The van der Waals surface area contributed by atoms with Crippen LogP contribution in [-0.4, -0.2) is 30.0 Å². The Morgan fingerprint density at radius 2 is 2.35 bits per heavy atom. The number of nitrogens with zero attached hydrogens (tertiary/aromatic N) is 2. The number of piperidine rings is 1. The number of hydrogen-bond acceptors (Lipinski definition) is 4. The fraction of sp³-hybridized carbons (Fsp3) is 0.333. The molecule has 3 heterocycles. The molecule has 0 bridgehead atoms. The second kappa shape index (κ2) is 6.05. The summed E-state index contributed by atoms with van der Waals surface area (Å²) in [5.41, 5.74) is 0.755. The maximum atomic E-state index is 12.1. The summed E-state index contributed by atoms with van der Waals surface area (Å²) in [5.74, 6) is 1.01. The van der Waals surface area contributed by atoms with E-state index in [9.17, 15) is 4.79 Å². The molecule has 1 atom stereocenters. The lowest BCUT2D eigenvalue weighted by Crippen LogP contribution is -2.48. The first-order valence-corrected chi connectivity index (χ1v) is 7.76. The van der Waals surface area contributed by atoms with Crippen molar-refractivity contribution < 1.29 is 4.79 Å². The smallest absolute Gasteiger partial charge is 0.252 e. The third-order valence-corrected chi connectivity index (χ3v) is 4.20. The van der Waals surface area contributed by atoms with E-state index >= 15 is 0 Å². The van der Waals surface area contributed by atoms with Crippen LogP contribution in [0.1, 0.15) is 23.2 Å². The van der Waals surface area contributed by atoms with Crippen molar-refractivity contribution in [2.45, 2.75) is 18.9 Å². The number of rotatable bonds is 3. The van der Waals surface area contributed by atoms with Gasteiger partial charge in [-0.15, -0.1) is 0 Å². The first kappa shape index (κ1) is 13.1. The average molecular weight is 287 g/mol. The highest BCUT2D eigenvalue weighted by atomic mass is 32.1. The summed E-state index contributed by atoms with van der Waals surface area (Å²) in [5, 5.41) is 6.93. The molecule has 2 aromatic rings. The fourth-order valence-electron chi connectivity index (χ4n) is 2.51. The highest BCUT2D eigenvalue weighted by Gasteiger charge is 2.22. The van der Waals surface area contributed by atoms with E-state index in [1.54, 1.807) is 11.3 Å². The van der Waals surface area contributed by atoms with E-state index in [1.807, 2.05) is 41.2 Å². The summed E-state index contributed by atoms with van der Waals surface area (Å²) in [6.45, 7) is 1.83. The molecule has 20 heavy (non-hydrogen) atoms. The minimum absolute atomic E-state index is 0.0270. The van der Waals surface area contributed by atoms with Crippen LogP contribution in [0.15, 0.2) is 41.2 Å². The molecule has 1 unspecified atom stereocenters. The van der Waals surface area contributed by atoms with Gasteiger partial charge in [0.05, 0.1) is 0 Å². The van der Waals surface area contributed by atoms with Crippen LogP contribution in [0.2, 0.25) is 0 Å². The van der Waals surface area contributed by atoms with Gasteiger partial charge in [-0.1, -0.05) is 6.07 Å². The van der Waals surface area contributed by atoms with Crippen molar-refractivity contribution in [3.63, 3.8) is 0 Å². The molecule has 104 valence electrons. The number of carbonyl (C=O) groups excluding carboxylic acids is 1. The van der Waals surface area contributed by atoms with Crippen molar-refractivity contribution >= 4 is 23.1 Å². The zero-order valence-electron chi connectivity index (χ0n) is 11.2. The minimum Gasteiger partial charge on any atom is -0.355 e. The first-order chi connectivity index (χ1) is 9.83. The quantitative estimate of drug-likeness (QED) is 0.943. The van der Waals surface area contributed by atoms with Gasteiger partial charge in [0.25, 0.3) is 5.91 Å². The number of hydrogen-bond donors (Lipinski definition) is 1. The SMILES string of the molecule is O=C(NC1CCCN(c2ccccn2)C1)c1ccsc1. The third-order valence-electron chi connectivity index (χ3n) is 3.51. The summed E-state index contributed by atoms with van der Waals surface area (Å²) in [6, 6.07) is 7.99.